The highest BCUT2D eigenvalue weighted by atomic mass is 32.2. The fourth-order valence-electron chi connectivity index (χ4n) is 2.93. The van der Waals surface area contributed by atoms with Crippen molar-refractivity contribution in [2.75, 3.05) is 13.1 Å². The standard InChI is InChI=1S/C22H30N2O4S/c1-6-24(7-2)29(26,27)21-14-10-19(11-15-21)17(4)23-22(25)18(5)28-20-12-8-16(3)9-13-20/h8-15,17-18H,6-7H2,1-5H3,(H,23,25). The molecule has 1 N–H and O–H groups in total. The zero-order valence-corrected chi connectivity index (χ0v) is 18.5. The van der Waals surface area contributed by atoms with Gasteiger partial charge < -0.3 is 10.1 Å². The smallest absolute Gasteiger partial charge is 0.261 e. The van der Waals surface area contributed by atoms with Crippen LogP contribution >= 0.6 is 0 Å². The third-order valence-electron chi connectivity index (χ3n) is 4.79. The van der Waals surface area contributed by atoms with E-state index >= 15 is 0 Å². The lowest BCUT2D eigenvalue weighted by molar-refractivity contribution is -0.127. The molecule has 0 radical (unpaired) electrons. The summed E-state index contributed by atoms with van der Waals surface area (Å²) in [5, 5.41) is 2.91. The van der Waals surface area contributed by atoms with Crippen molar-refractivity contribution in [1.82, 2.24) is 9.62 Å². The summed E-state index contributed by atoms with van der Waals surface area (Å²) in [4.78, 5) is 12.7. The first kappa shape index (κ1) is 22.9. The van der Waals surface area contributed by atoms with Crippen LogP contribution in [0.2, 0.25) is 0 Å². The van der Waals surface area contributed by atoms with Gasteiger partial charge in [0.15, 0.2) is 6.10 Å². The Labute approximate surface area is 173 Å². The predicted molar refractivity (Wildman–Crippen MR) is 114 cm³/mol. The summed E-state index contributed by atoms with van der Waals surface area (Å²) >= 11 is 0. The lowest BCUT2D eigenvalue weighted by Crippen LogP contribution is -2.37. The predicted octanol–water partition coefficient (Wildman–Crippen LogP) is 3.67. The van der Waals surface area contributed by atoms with Crippen LogP contribution in [0.5, 0.6) is 5.75 Å². The highest BCUT2D eigenvalue weighted by molar-refractivity contribution is 7.89. The fraction of sp³-hybridized carbons (Fsp3) is 0.409. The third kappa shape index (κ3) is 5.81. The molecule has 29 heavy (non-hydrogen) atoms. The maximum Gasteiger partial charge on any atom is 0.261 e. The molecule has 2 aromatic rings. The zero-order chi connectivity index (χ0) is 21.6. The van der Waals surface area contributed by atoms with Crippen molar-refractivity contribution in [3.63, 3.8) is 0 Å². The van der Waals surface area contributed by atoms with E-state index in [0.717, 1.165) is 11.1 Å². The maximum atomic E-state index is 12.6. The van der Waals surface area contributed by atoms with Crippen LogP contribution in [0.3, 0.4) is 0 Å². The van der Waals surface area contributed by atoms with E-state index in [9.17, 15) is 13.2 Å². The van der Waals surface area contributed by atoms with Gasteiger partial charge in [-0.3, -0.25) is 4.79 Å². The average molecular weight is 419 g/mol. The molecule has 0 bridgehead atoms. The number of nitrogens with one attached hydrogen (secondary N) is 1. The summed E-state index contributed by atoms with van der Waals surface area (Å²) in [7, 11) is -3.49. The molecule has 7 heteroatoms. The van der Waals surface area contributed by atoms with Crippen molar-refractivity contribution >= 4 is 15.9 Å². The number of rotatable bonds is 9. The summed E-state index contributed by atoms with van der Waals surface area (Å²) in [6, 6.07) is 13.9. The van der Waals surface area contributed by atoms with Crippen LogP contribution in [0.25, 0.3) is 0 Å². The number of amides is 1. The first-order chi connectivity index (χ1) is 13.7. The summed E-state index contributed by atoms with van der Waals surface area (Å²) < 4.78 is 32.3. The van der Waals surface area contributed by atoms with Gasteiger partial charge in [0.25, 0.3) is 5.91 Å². The van der Waals surface area contributed by atoms with Gasteiger partial charge in [-0.2, -0.15) is 4.31 Å². The Kier molecular flexibility index (Phi) is 7.81. The van der Waals surface area contributed by atoms with E-state index in [1.165, 1.54) is 4.31 Å². The van der Waals surface area contributed by atoms with Gasteiger partial charge in [-0.1, -0.05) is 43.7 Å². The molecule has 0 saturated carbocycles. The Balaban J connectivity index is 2.02. The van der Waals surface area contributed by atoms with E-state index in [1.54, 1.807) is 31.2 Å². The molecule has 158 valence electrons. The first-order valence-electron chi connectivity index (χ1n) is 9.82. The summed E-state index contributed by atoms with van der Waals surface area (Å²) in [5.74, 6) is 0.398. The molecule has 0 fully saturated rings. The molecule has 0 aliphatic rings. The van der Waals surface area contributed by atoms with Gasteiger partial charge in [0.2, 0.25) is 10.0 Å². The van der Waals surface area contributed by atoms with Crippen LogP contribution in [-0.4, -0.2) is 37.8 Å². The molecule has 0 heterocycles. The third-order valence-corrected chi connectivity index (χ3v) is 6.85. The van der Waals surface area contributed by atoms with Gasteiger partial charge in [0, 0.05) is 13.1 Å². The molecular weight excluding hydrogens is 388 g/mol. The van der Waals surface area contributed by atoms with Gasteiger partial charge in [-0.25, -0.2) is 8.42 Å². The molecule has 2 rings (SSSR count). The van der Waals surface area contributed by atoms with Crippen LogP contribution < -0.4 is 10.1 Å². The van der Waals surface area contributed by atoms with Gasteiger partial charge >= 0.3 is 0 Å². The van der Waals surface area contributed by atoms with Crippen molar-refractivity contribution in [2.45, 2.75) is 51.7 Å². The summed E-state index contributed by atoms with van der Waals surface area (Å²) in [5.41, 5.74) is 1.94. The van der Waals surface area contributed by atoms with E-state index in [4.69, 9.17) is 4.74 Å². The first-order valence-corrected chi connectivity index (χ1v) is 11.3. The van der Waals surface area contributed by atoms with Gasteiger partial charge in [-0.05, 0) is 50.6 Å². The second-order valence-corrected chi connectivity index (χ2v) is 8.90. The molecule has 1 amide bonds. The Morgan fingerprint density at radius 1 is 1.00 bits per heavy atom. The van der Waals surface area contributed by atoms with E-state index in [1.807, 2.05) is 52.0 Å². The number of aryl methyl sites for hydroxylation is 1. The van der Waals surface area contributed by atoms with E-state index in [2.05, 4.69) is 5.32 Å². The normalized spacial score (nSPS) is 13.7. The molecule has 6 nitrogen and oxygen atoms in total. The molecule has 0 aromatic heterocycles. The number of carbonyl (C=O) groups excluding carboxylic acids is 1. The van der Waals surface area contributed by atoms with E-state index < -0.39 is 16.1 Å². The molecule has 2 unspecified atom stereocenters. The van der Waals surface area contributed by atoms with Crippen LogP contribution in [-0.2, 0) is 14.8 Å². The minimum absolute atomic E-state index is 0.238. The van der Waals surface area contributed by atoms with Crippen molar-refractivity contribution in [3.05, 3.63) is 59.7 Å². The minimum atomic E-state index is -3.49. The number of hydrogen-bond donors (Lipinski definition) is 1. The van der Waals surface area contributed by atoms with Crippen molar-refractivity contribution in [2.24, 2.45) is 0 Å². The molecule has 2 atom stereocenters. The molecule has 0 spiro atoms. The van der Waals surface area contributed by atoms with Crippen LogP contribution in [0.1, 0.15) is 44.9 Å². The largest absolute Gasteiger partial charge is 0.481 e. The lowest BCUT2D eigenvalue weighted by Gasteiger charge is -2.20. The number of ether oxygens (including phenoxy) is 1. The lowest BCUT2D eigenvalue weighted by atomic mass is 10.1. The van der Waals surface area contributed by atoms with Crippen LogP contribution in [0.4, 0.5) is 0 Å². The minimum Gasteiger partial charge on any atom is -0.481 e. The number of benzene rings is 2. The maximum absolute atomic E-state index is 12.6. The topological polar surface area (TPSA) is 75.7 Å². The number of nitrogens with zero attached hydrogens (tertiary/aromatic N) is 1. The highest BCUT2D eigenvalue weighted by Crippen LogP contribution is 2.20. The number of sulfonamides is 1. The molecule has 0 aliphatic heterocycles. The Bertz CT molecular complexity index is 905. The Hall–Kier alpha value is -2.38. The monoisotopic (exact) mass is 418 g/mol. The average Bonchev–Trinajstić information content (AvgIpc) is 2.70. The second-order valence-electron chi connectivity index (χ2n) is 6.96. The van der Waals surface area contributed by atoms with Crippen LogP contribution in [0.15, 0.2) is 53.4 Å². The molecule has 0 aliphatic carbocycles. The number of carbonyl (C=O) groups is 1. The van der Waals surface area contributed by atoms with Gasteiger partial charge in [0.1, 0.15) is 5.75 Å². The molecular formula is C22H30N2O4S. The van der Waals surface area contributed by atoms with Crippen molar-refractivity contribution < 1.29 is 17.9 Å². The quantitative estimate of drug-likeness (QED) is 0.674. The SMILES string of the molecule is CCN(CC)S(=O)(=O)c1ccc(C(C)NC(=O)C(C)Oc2ccc(C)cc2)cc1. The zero-order valence-electron chi connectivity index (χ0n) is 17.7. The summed E-state index contributed by atoms with van der Waals surface area (Å²) in [6.07, 6.45) is -0.650. The van der Waals surface area contributed by atoms with E-state index in [0.29, 0.717) is 18.8 Å². The summed E-state index contributed by atoms with van der Waals surface area (Å²) in [6.45, 7) is 10.0. The molecule has 2 aromatic carbocycles. The van der Waals surface area contributed by atoms with Crippen LogP contribution in [0, 0.1) is 6.92 Å². The van der Waals surface area contributed by atoms with Crippen molar-refractivity contribution in [1.29, 1.82) is 0 Å². The highest BCUT2D eigenvalue weighted by Gasteiger charge is 2.22. The van der Waals surface area contributed by atoms with E-state index in [-0.39, 0.29) is 16.8 Å². The molecule has 0 saturated heterocycles. The number of hydrogen-bond acceptors (Lipinski definition) is 4. The van der Waals surface area contributed by atoms with Gasteiger partial charge in [0.05, 0.1) is 10.9 Å². The van der Waals surface area contributed by atoms with Gasteiger partial charge in [-0.15, -0.1) is 0 Å². The fourth-order valence-corrected chi connectivity index (χ4v) is 4.39. The Morgan fingerprint density at radius 2 is 1.55 bits per heavy atom. The second kappa shape index (κ2) is 9.89. The Morgan fingerprint density at radius 3 is 2.07 bits per heavy atom. The van der Waals surface area contributed by atoms with Crippen molar-refractivity contribution in [3.8, 4) is 5.75 Å².